The summed E-state index contributed by atoms with van der Waals surface area (Å²) in [6.45, 7) is 4.94. The molecule has 2 rings (SSSR count). The van der Waals surface area contributed by atoms with Crippen molar-refractivity contribution in [1.29, 1.82) is 0 Å². The quantitative estimate of drug-likeness (QED) is 0.782. The van der Waals surface area contributed by atoms with Crippen LogP contribution in [0.15, 0.2) is 24.3 Å². The van der Waals surface area contributed by atoms with Gasteiger partial charge in [0.05, 0.1) is 6.10 Å². The minimum Gasteiger partial charge on any atom is -0.376 e. The van der Waals surface area contributed by atoms with E-state index in [9.17, 15) is 9.59 Å². The molecule has 0 aromatic heterocycles. The van der Waals surface area contributed by atoms with E-state index >= 15 is 0 Å². The van der Waals surface area contributed by atoms with Crippen LogP contribution in [0.5, 0.6) is 0 Å². The van der Waals surface area contributed by atoms with Crippen LogP contribution in [0.3, 0.4) is 0 Å². The second-order valence-corrected chi connectivity index (χ2v) is 5.69. The maximum atomic E-state index is 11.8. The van der Waals surface area contributed by atoms with Gasteiger partial charge in [-0.05, 0) is 31.0 Å². The lowest BCUT2D eigenvalue weighted by atomic mass is 10.2. The molecule has 3 amide bonds. The van der Waals surface area contributed by atoms with E-state index in [1.54, 1.807) is 24.3 Å². The molecule has 1 heterocycles. The van der Waals surface area contributed by atoms with Crippen LogP contribution in [0.1, 0.15) is 26.7 Å². The Morgan fingerprint density at radius 1 is 1.27 bits per heavy atom. The number of anilines is 2. The van der Waals surface area contributed by atoms with Gasteiger partial charge in [-0.25, -0.2) is 4.79 Å². The molecule has 1 aliphatic rings. The van der Waals surface area contributed by atoms with E-state index in [2.05, 4.69) is 16.0 Å². The third kappa shape index (κ3) is 5.04. The molecule has 1 atom stereocenters. The SMILES string of the molecule is CC(C)C(=O)Nc1cccc(NC(=O)NCC2CCCO2)c1. The molecule has 1 aromatic carbocycles. The standard InChI is InChI=1S/C16H23N3O3/c1-11(2)15(20)18-12-5-3-6-13(9-12)19-16(21)17-10-14-7-4-8-22-14/h3,5-6,9,11,14H,4,7-8,10H2,1-2H3,(H,18,20)(H2,17,19,21). The van der Waals surface area contributed by atoms with Crippen LogP contribution in [-0.4, -0.2) is 31.2 Å². The summed E-state index contributed by atoms with van der Waals surface area (Å²) in [7, 11) is 0. The number of carbonyl (C=O) groups excluding carboxylic acids is 2. The summed E-state index contributed by atoms with van der Waals surface area (Å²) in [5.41, 5.74) is 1.29. The molecular weight excluding hydrogens is 282 g/mol. The van der Waals surface area contributed by atoms with E-state index in [0.29, 0.717) is 17.9 Å². The molecule has 1 fully saturated rings. The second kappa shape index (κ2) is 7.79. The van der Waals surface area contributed by atoms with E-state index in [-0.39, 0.29) is 24.0 Å². The van der Waals surface area contributed by atoms with Crippen molar-refractivity contribution in [2.45, 2.75) is 32.8 Å². The van der Waals surface area contributed by atoms with Crippen LogP contribution in [0.25, 0.3) is 0 Å². The molecule has 22 heavy (non-hydrogen) atoms. The molecule has 1 saturated heterocycles. The average molecular weight is 305 g/mol. The van der Waals surface area contributed by atoms with E-state index in [1.165, 1.54) is 0 Å². The molecule has 0 bridgehead atoms. The van der Waals surface area contributed by atoms with Crippen molar-refractivity contribution in [2.24, 2.45) is 5.92 Å². The summed E-state index contributed by atoms with van der Waals surface area (Å²) in [4.78, 5) is 23.5. The summed E-state index contributed by atoms with van der Waals surface area (Å²) >= 11 is 0. The van der Waals surface area contributed by atoms with Gasteiger partial charge in [-0.15, -0.1) is 0 Å². The van der Waals surface area contributed by atoms with E-state index in [0.717, 1.165) is 19.4 Å². The van der Waals surface area contributed by atoms with Crippen molar-refractivity contribution in [1.82, 2.24) is 5.32 Å². The molecule has 0 spiro atoms. The monoisotopic (exact) mass is 305 g/mol. The number of hydrogen-bond donors (Lipinski definition) is 3. The zero-order valence-corrected chi connectivity index (χ0v) is 13.0. The number of benzene rings is 1. The number of rotatable bonds is 5. The first-order valence-electron chi connectivity index (χ1n) is 7.62. The fourth-order valence-corrected chi connectivity index (χ4v) is 2.15. The molecule has 6 heteroatoms. The lowest BCUT2D eigenvalue weighted by Crippen LogP contribution is -2.35. The molecule has 3 N–H and O–H groups in total. The summed E-state index contributed by atoms with van der Waals surface area (Å²) < 4.78 is 5.45. The largest absolute Gasteiger partial charge is 0.376 e. The number of urea groups is 1. The van der Waals surface area contributed by atoms with Gasteiger partial charge in [0, 0.05) is 30.4 Å². The summed E-state index contributed by atoms with van der Waals surface area (Å²) in [6, 6.07) is 6.80. The Morgan fingerprint density at radius 2 is 2.00 bits per heavy atom. The average Bonchev–Trinajstić information content (AvgIpc) is 2.98. The van der Waals surface area contributed by atoms with Crippen LogP contribution >= 0.6 is 0 Å². The second-order valence-electron chi connectivity index (χ2n) is 5.69. The molecule has 1 aromatic rings. The van der Waals surface area contributed by atoms with Crippen molar-refractivity contribution in [2.75, 3.05) is 23.8 Å². The predicted octanol–water partition coefficient (Wildman–Crippen LogP) is 2.58. The van der Waals surface area contributed by atoms with Crippen LogP contribution in [0.2, 0.25) is 0 Å². The van der Waals surface area contributed by atoms with Crippen LogP contribution in [0, 0.1) is 5.92 Å². The minimum atomic E-state index is -0.275. The molecule has 6 nitrogen and oxygen atoms in total. The summed E-state index contributed by atoms with van der Waals surface area (Å²) in [5, 5.41) is 8.34. The number of nitrogens with one attached hydrogen (secondary N) is 3. The Bertz CT molecular complexity index is 525. The molecule has 0 saturated carbocycles. The van der Waals surface area contributed by atoms with Gasteiger partial charge in [0.15, 0.2) is 0 Å². The van der Waals surface area contributed by atoms with Gasteiger partial charge in [0.1, 0.15) is 0 Å². The Labute approximate surface area is 130 Å². The van der Waals surface area contributed by atoms with Crippen LogP contribution < -0.4 is 16.0 Å². The molecule has 1 aliphatic heterocycles. The first kappa shape index (κ1) is 16.3. The maximum Gasteiger partial charge on any atom is 0.319 e. The fraction of sp³-hybridized carbons (Fsp3) is 0.500. The first-order chi connectivity index (χ1) is 10.5. The lowest BCUT2D eigenvalue weighted by molar-refractivity contribution is -0.118. The number of ether oxygens (including phenoxy) is 1. The van der Waals surface area contributed by atoms with E-state index in [4.69, 9.17) is 4.74 Å². The van der Waals surface area contributed by atoms with Gasteiger partial charge in [-0.2, -0.15) is 0 Å². The molecular formula is C16H23N3O3. The summed E-state index contributed by atoms with van der Waals surface area (Å²) in [6.07, 6.45) is 2.14. The highest BCUT2D eigenvalue weighted by Crippen LogP contribution is 2.16. The normalized spacial score (nSPS) is 17.3. The zero-order valence-electron chi connectivity index (χ0n) is 13.0. The third-order valence-corrected chi connectivity index (χ3v) is 3.43. The van der Waals surface area contributed by atoms with Crippen molar-refractivity contribution >= 4 is 23.3 Å². The van der Waals surface area contributed by atoms with Crippen molar-refractivity contribution in [3.63, 3.8) is 0 Å². The fourth-order valence-electron chi connectivity index (χ4n) is 2.15. The topological polar surface area (TPSA) is 79.5 Å². The predicted molar refractivity (Wildman–Crippen MR) is 85.9 cm³/mol. The molecule has 120 valence electrons. The number of carbonyl (C=O) groups is 2. The Hall–Kier alpha value is -2.08. The van der Waals surface area contributed by atoms with Gasteiger partial charge >= 0.3 is 6.03 Å². The van der Waals surface area contributed by atoms with Crippen LogP contribution in [0.4, 0.5) is 16.2 Å². The number of amides is 3. The zero-order chi connectivity index (χ0) is 15.9. The first-order valence-corrected chi connectivity index (χ1v) is 7.62. The van der Waals surface area contributed by atoms with Gasteiger partial charge in [-0.1, -0.05) is 19.9 Å². The molecule has 0 radical (unpaired) electrons. The third-order valence-electron chi connectivity index (χ3n) is 3.43. The van der Waals surface area contributed by atoms with Crippen molar-refractivity contribution in [3.05, 3.63) is 24.3 Å². The Balaban J connectivity index is 1.83. The summed E-state index contributed by atoms with van der Waals surface area (Å²) in [5.74, 6) is -0.147. The minimum absolute atomic E-state index is 0.0556. The van der Waals surface area contributed by atoms with Crippen molar-refractivity contribution in [3.8, 4) is 0 Å². The lowest BCUT2D eigenvalue weighted by Gasteiger charge is -2.13. The highest BCUT2D eigenvalue weighted by Gasteiger charge is 2.16. The van der Waals surface area contributed by atoms with Gasteiger partial charge in [-0.3, -0.25) is 4.79 Å². The highest BCUT2D eigenvalue weighted by molar-refractivity contribution is 5.94. The maximum absolute atomic E-state index is 11.8. The van der Waals surface area contributed by atoms with Gasteiger partial charge < -0.3 is 20.7 Å². The highest BCUT2D eigenvalue weighted by atomic mass is 16.5. The van der Waals surface area contributed by atoms with Crippen molar-refractivity contribution < 1.29 is 14.3 Å². The van der Waals surface area contributed by atoms with Crippen LogP contribution in [-0.2, 0) is 9.53 Å². The molecule has 0 aliphatic carbocycles. The van der Waals surface area contributed by atoms with Gasteiger partial charge in [0.25, 0.3) is 0 Å². The van der Waals surface area contributed by atoms with E-state index in [1.807, 2.05) is 13.8 Å². The van der Waals surface area contributed by atoms with Gasteiger partial charge in [0.2, 0.25) is 5.91 Å². The van der Waals surface area contributed by atoms with E-state index < -0.39 is 0 Å². The number of hydrogen-bond acceptors (Lipinski definition) is 3. The Kier molecular flexibility index (Phi) is 5.77. The molecule has 1 unspecified atom stereocenters. The Morgan fingerprint density at radius 3 is 2.64 bits per heavy atom. The smallest absolute Gasteiger partial charge is 0.319 e.